The third-order valence-corrected chi connectivity index (χ3v) is 6.12. The molecule has 2 unspecified atom stereocenters. The van der Waals surface area contributed by atoms with Gasteiger partial charge in [-0.05, 0) is 24.1 Å². The molecule has 11 nitrogen and oxygen atoms in total. The summed E-state index contributed by atoms with van der Waals surface area (Å²) in [6.07, 6.45) is 10.8. The summed E-state index contributed by atoms with van der Waals surface area (Å²) in [4.78, 5) is 47.3. The minimum Gasteiger partial charge on any atom is -0.381 e. The van der Waals surface area contributed by atoms with Crippen LogP contribution in [0.3, 0.4) is 0 Å². The van der Waals surface area contributed by atoms with E-state index in [1.54, 1.807) is 52.8 Å². The number of carbonyl (C=O) groups is 2. The van der Waals surface area contributed by atoms with Crippen molar-refractivity contribution in [3.63, 3.8) is 0 Å². The largest absolute Gasteiger partial charge is 0.381 e. The van der Waals surface area contributed by atoms with Crippen LogP contribution in [0, 0.1) is 5.92 Å². The Balaban J connectivity index is 1.37. The molecule has 11 heteroatoms. The molecular formula is C23H26N8O3. The summed E-state index contributed by atoms with van der Waals surface area (Å²) in [6, 6.07) is 4.92. The molecule has 34 heavy (non-hydrogen) atoms. The molecule has 2 fully saturated rings. The SMILES string of the molecule is O=C(NCc1cccnc1)C1CN(C(=O)C2CCOC2)CCN1c1ccnc(-n2ccnc2)n1. The minimum absolute atomic E-state index is 0.0454. The summed E-state index contributed by atoms with van der Waals surface area (Å²) < 4.78 is 7.11. The predicted octanol–water partition coefficient (Wildman–Crippen LogP) is 0.427. The molecule has 0 aromatic carbocycles. The molecule has 1 N–H and O–H groups in total. The standard InChI is InChI=1S/C23H26N8O3/c32-21(27-13-17-2-1-5-24-12-17)19-14-29(22(33)18-4-11-34-15-18)9-10-31(19)20-3-6-26-23(28-20)30-8-7-25-16-30/h1-3,5-8,12,16,18-19H,4,9-11,13-15H2,(H,27,32). The lowest BCUT2D eigenvalue weighted by atomic mass is 10.0. The van der Waals surface area contributed by atoms with E-state index in [1.807, 2.05) is 17.0 Å². The van der Waals surface area contributed by atoms with Crippen LogP contribution in [0.5, 0.6) is 0 Å². The molecular weight excluding hydrogens is 436 g/mol. The highest BCUT2D eigenvalue weighted by Gasteiger charge is 2.38. The Hall–Kier alpha value is -3.86. The van der Waals surface area contributed by atoms with Crippen molar-refractivity contribution in [2.45, 2.75) is 19.0 Å². The number of hydrogen-bond acceptors (Lipinski definition) is 8. The number of imidazole rings is 1. The lowest BCUT2D eigenvalue weighted by Gasteiger charge is -2.41. The quantitative estimate of drug-likeness (QED) is 0.560. The number of piperazine rings is 1. The van der Waals surface area contributed by atoms with Gasteiger partial charge in [-0.1, -0.05) is 6.07 Å². The topological polar surface area (TPSA) is 118 Å². The first-order chi connectivity index (χ1) is 16.7. The van der Waals surface area contributed by atoms with E-state index >= 15 is 0 Å². The smallest absolute Gasteiger partial charge is 0.244 e. The third kappa shape index (κ3) is 4.74. The fraction of sp³-hybridized carbons (Fsp3) is 0.391. The molecule has 0 saturated carbocycles. The number of hydrogen-bond donors (Lipinski definition) is 1. The highest BCUT2D eigenvalue weighted by molar-refractivity contribution is 5.87. The summed E-state index contributed by atoms with van der Waals surface area (Å²) >= 11 is 0. The van der Waals surface area contributed by atoms with Gasteiger partial charge >= 0.3 is 0 Å². The van der Waals surface area contributed by atoms with Crippen LogP contribution in [-0.4, -0.2) is 80.1 Å². The summed E-state index contributed by atoms with van der Waals surface area (Å²) in [5.41, 5.74) is 0.902. The van der Waals surface area contributed by atoms with Crippen molar-refractivity contribution >= 4 is 17.6 Å². The van der Waals surface area contributed by atoms with Crippen LogP contribution in [0.2, 0.25) is 0 Å². The van der Waals surface area contributed by atoms with Gasteiger partial charge in [0, 0.05) is 57.2 Å². The van der Waals surface area contributed by atoms with Crippen LogP contribution in [0.4, 0.5) is 5.82 Å². The van der Waals surface area contributed by atoms with Crippen LogP contribution >= 0.6 is 0 Å². The number of nitrogens with one attached hydrogen (secondary N) is 1. The van der Waals surface area contributed by atoms with Crippen molar-refractivity contribution in [2.24, 2.45) is 5.92 Å². The first-order valence-corrected chi connectivity index (χ1v) is 11.3. The van der Waals surface area contributed by atoms with Crippen molar-refractivity contribution in [1.82, 2.24) is 34.7 Å². The molecule has 2 saturated heterocycles. The number of pyridine rings is 1. The van der Waals surface area contributed by atoms with Crippen molar-refractivity contribution < 1.29 is 14.3 Å². The van der Waals surface area contributed by atoms with Gasteiger partial charge in [-0.2, -0.15) is 4.98 Å². The average Bonchev–Trinajstić information content (AvgIpc) is 3.62. The summed E-state index contributed by atoms with van der Waals surface area (Å²) in [6.45, 7) is 2.65. The van der Waals surface area contributed by atoms with Gasteiger partial charge in [-0.25, -0.2) is 9.97 Å². The molecule has 2 aliphatic rings. The van der Waals surface area contributed by atoms with E-state index in [4.69, 9.17) is 4.74 Å². The number of nitrogens with zero attached hydrogens (tertiary/aromatic N) is 7. The predicted molar refractivity (Wildman–Crippen MR) is 122 cm³/mol. The Bertz CT molecular complexity index is 1120. The highest BCUT2D eigenvalue weighted by atomic mass is 16.5. The Morgan fingerprint density at radius 3 is 2.85 bits per heavy atom. The van der Waals surface area contributed by atoms with Crippen LogP contribution in [0.1, 0.15) is 12.0 Å². The van der Waals surface area contributed by atoms with Crippen LogP contribution in [0.25, 0.3) is 5.95 Å². The van der Waals surface area contributed by atoms with Crippen molar-refractivity contribution in [1.29, 1.82) is 0 Å². The summed E-state index contributed by atoms with van der Waals surface area (Å²) in [5.74, 6) is 0.816. The zero-order valence-corrected chi connectivity index (χ0v) is 18.7. The van der Waals surface area contributed by atoms with Gasteiger partial charge in [-0.3, -0.25) is 19.1 Å². The molecule has 2 atom stereocenters. The third-order valence-electron chi connectivity index (χ3n) is 6.12. The second kappa shape index (κ2) is 9.96. The molecule has 5 heterocycles. The Morgan fingerprint density at radius 1 is 1.15 bits per heavy atom. The molecule has 0 spiro atoms. The van der Waals surface area contributed by atoms with Gasteiger partial charge in [-0.15, -0.1) is 0 Å². The monoisotopic (exact) mass is 462 g/mol. The lowest BCUT2D eigenvalue weighted by molar-refractivity contribution is -0.137. The van der Waals surface area contributed by atoms with Crippen LogP contribution in [-0.2, 0) is 20.9 Å². The van der Waals surface area contributed by atoms with E-state index in [9.17, 15) is 9.59 Å². The number of amides is 2. The van der Waals surface area contributed by atoms with Gasteiger partial charge in [0.2, 0.25) is 17.8 Å². The Kier molecular flexibility index (Phi) is 6.43. The van der Waals surface area contributed by atoms with E-state index in [2.05, 4.69) is 25.3 Å². The maximum Gasteiger partial charge on any atom is 0.244 e. The highest BCUT2D eigenvalue weighted by Crippen LogP contribution is 2.23. The fourth-order valence-electron chi connectivity index (χ4n) is 4.28. The van der Waals surface area contributed by atoms with Crippen molar-refractivity contribution in [3.05, 3.63) is 61.1 Å². The molecule has 2 aliphatic heterocycles. The number of ether oxygens (including phenoxy) is 1. The summed E-state index contributed by atoms with van der Waals surface area (Å²) in [7, 11) is 0. The zero-order chi connectivity index (χ0) is 23.3. The molecule has 0 bridgehead atoms. The van der Waals surface area contributed by atoms with E-state index in [0.29, 0.717) is 44.6 Å². The van der Waals surface area contributed by atoms with Crippen LogP contribution < -0.4 is 10.2 Å². The molecule has 5 rings (SSSR count). The second-order valence-corrected chi connectivity index (χ2v) is 8.32. The van der Waals surface area contributed by atoms with Crippen molar-refractivity contribution in [3.8, 4) is 5.95 Å². The molecule has 176 valence electrons. The van der Waals surface area contributed by atoms with Crippen LogP contribution in [0.15, 0.2) is 55.5 Å². The lowest BCUT2D eigenvalue weighted by Crippen LogP contribution is -2.61. The first kappa shape index (κ1) is 22.0. The average molecular weight is 463 g/mol. The molecule has 3 aromatic rings. The normalized spacial score (nSPS) is 20.4. The number of anilines is 1. The second-order valence-electron chi connectivity index (χ2n) is 8.32. The van der Waals surface area contributed by atoms with Crippen molar-refractivity contribution in [2.75, 3.05) is 37.7 Å². The first-order valence-electron chi connectivity index (χ1n) is 11.3. The molecule has 0 aliphatic carbocycles. The number of aromatic nitrogens is 5. The molecule has 0 radical (unpaired) electrons. The molecule has 2 amide bonds. The van der Waals surface area contributed by atoms with E-state index in [1.165, 1.54) is 0 Å². The maximum atomic E-state index is 13.4. The minimum atomic E-state index is -0.595. The van der Waals surface area contributed by atoms with E-state index in [0.717, 1.165) is 12.0 Å². The van der Waals surface area contributed by atoms with Gasteiger partial charge in [0.25, 0.3) is 0 Å². The van der Waals surface area contributed by atoms with E-state index in [-0.39, 0.29) is 24.3 Å². The fourth-order valence-corrected chi connectivity index (χ4v) is 4.28. The maximum absolute atomic E-state index is 13.4. The number of rotatable bonds is 6. The molecule has 3 aromatic heterocycles. The Labute approximate surface area is 196 Å². The van der Waals surface area contributed by atoms with Gasteiger partial charge < -0.3 is 19.9 Å². The Morgan fingerprint density at radius 2 is 2.09 bits per heavy atom. The van der Waals surface area contributed by atoms with Gasteiger partial charge in [0.15, 0.2) is 0 Å². The number of carbonyl (C=O) groups excluding carboxylic acids is 2. The van der Waals surface area contributed by atoms with Gasteiger partial charge in [0.05, 0.1) is 19.1 Å². The summed E-state index contributed by atoms with van der Waals surface area (Å²) in [5, 5.41) is 3.00. The van der Waals surface area contributed by atoms with E-state index < -0.39 is 6.04 Å². The van der Waals surface area contributed by atoms with Gasteiger partial charge in [0.1, 0.15) is 18.2 Å². The zero-order valence-electron chi connectivity index (χ0n) is 18.7.